The summed E-state index contributed by atoms with van der Waals surface area (Å²) < 4.78 is 53.8. The summed E-state index contributed by atoms with van der Waals surface area (Å²) in [6.07, 6.45) is 6.38. The quantitative estimate of drug-likeness (QED) is 0.361. The molecular formula is C22H20F4. The molecule has 1 atom stereocenters. The van der Waals surface area contributed by atoms with Gasteiger partial charge in [0, 0.05) is 5.56 Å². The van der Waals surface area contributed by atoms with Gasteiger partial charge < -0.3 is 0 Å². The van der Waals surface area contributed by atoms with Gasteiger partial charge in [0.15, 0.2) is 17.5 Å². The molecule has 0 amide bonds. The standard InChI is InChI=1S/C22H20F4/c1-2-3-4-14-5-7-16-12-17(19(23)13-18(16)9-14)8-6-15-10-20(24)22(26)21(25)11-15/h10-14H,2-5,7,9H2,1H3. The van der Waals surface area contributed by atoms with Crippen LogP contribution in [0, 0.1) is 41.0 Å². The molecule has 0 aliphatic heterocycles. The van der Waals surface area contributed by atoms with Crippen molar-refractivity contribution in [2.24, 2.45) is 5.92 Å². The maximum Gasteiger partial charge on any atom is 0.194 e. The molecule has 0 nitrogen and oxygen atoms in total. The lowest BCUT2D eigenvalue weighted by atomic mass is 9.81. The normalized spacial score (nSPS) is 16.0. The van der Waals surface area contributed by atoms with E-state index in [1.54, 1.807) is 6.07 Å². The summed E-state index contributed by atoms with van der Waals surface area (Å²) in [5.74, 6) is 1.15. The predicted octanol–water partition coefficient (Wildman–Crippen LogP) is 5.94. The van der Waals surface area contributed by atoms with Gasteiger partial charge in [0.1, 0.15) is 5.82 Å². The molecule has 0 fully saturated rings. The monoisotopic (exact) mass is 360 g/mol. The highest BCUT2D eigenvalue weighted by Crippen LogP contribution is 2.30. The van der Waals surface area contributed by atoms with Crippen LogP contribution >= 0.6 is 0 Å². The van der Waals surface area contributed by atoms with Gasteiger partial charge in [-0.3, -0.25) is 0 Å². The first-order valence-electron chi connectivity index (χ1n) is 8.95. The summed E-state index contributed by atoms with van der Waals surface area (Å²) in [5, 5.41) is 0. The van der Waals surface area contributed by atoms with Gasteiger partial charge in [-0.2, -0.15) is 0 Å². The van der Waals surface area contributed by atoms with Gasteiger partial charge in [0.2, 0.25) is 0 Å². The van der Waals surface area contributed by atoms with E-state index in [2.05, 4.69) is 18.8 Å². The Morgan fingerprint density at radius 2 is 1.65 bits per heavy atom. The lowest BCUT2D eigenvalue weighted by Crippen LogP contribution is -2.15. The van der Waals surface area contributed by atoms with Crippen molar-refractivity contribution in [2.75, 3.05) is 0 Å². The van der Waals surface area contributed by atoms with Crippen LogP contribution in [-0.2, 0) is 12.8 Å². The molecule has 4 heteroatoms. The van der Waals surface area contributed by atoms with E-state index in [-0.39, 0.29) is 11.1 Å². The maximum atomic E-state index is 14.4. The van der Waals surface area contributed by atoms with Crippen LogP contribution < -0.4 is 0 Å². The van der Waals surface area contributed by atoms with Crippen molar-refractivity contribution in [3.05, 3.63) is 69.8 Å². The van der Waals surface area contributed by atoms with Crippen LogP contribution in [0.1, 0.15) is 54.9 Å². The van der Waals surface area contributed by atoms with Crippen LogP contribution in [0.2, 0.25) is 0 Å². The second kappa shape index (κ2) is 7.95. The molecule has 0 aromatic heterocycles. The van der Waals surface area contributed by atoms with Crippen molar-refractivity contribution < 1.29 is 17.6 Å². The minimum absolute atomic E-state index is 0.0295. The number of fused-ring (bicyclic) bond motifs is 1. The molecule has 2 aromatic carbocycles. The number of hydrogen-bond acceptors (Lipinski definition) is 0. The Labute approximate surface area is 151 Å². The van der Waals surface area contributed by atoms with Gasteiger partial charge >= 0.3 is 0 Å². The summed E-state index contributed by atoms with van der Waals surface area (Å²) in [5.41, 5.74) is 2.28. The van der Waals surface area contributed by atoms with Gasteiger partial charge in [-0.15, -0.1) is 0 Å². The number of aryl methyl sites for hydroxylation is 1. The topological polar surface area (TPSA) is 0 Å². The zero-order valence-electron chi connectivity index (χ0n) is 14.6. The number of hydrogen-bond donors (Lipinski definition) is 0. The van der Waals surface area contributed by atoms with Crippen LogP contribution in [0.4, 0.5) is 17.6 Å². The van der Waals surface area contributed by atoms with E-state index in [1.165, 1.54) is 18.9 Å². The third-order valence-corrected chi connectivity index (χ3v) is 4.91. The highest BCUT2D eigenvalue weighted by atomic mass is 19.2. The maximum absolute atomic E-state index is 14.4. The van der Waals surface area contributed by atoms with Gasteiger partial charge in [-0.05, 0) is 60.6 Å². The molecule has 0 spiro atoms. The molecule has 0 saturated heterocycles. The van der Waals surface area contributed by atoms with Crippen molar-refractivity contribution in [3.63, 3.8) is 0 Å². The Morgan fingerprint density at radius 3 is 2.35 bits per heavy atom. The molecule has 136 valence electrons. The van der Waals surface area contributed by atoms with E-state index in [0.29, 0.717) is 5.92 Å². The summed E-state index contributed by atoms with van der Waals surface area (Å²) >= 11 is 0. The van der Waals surface area contributed by atoms with Crippen molar-refractivity contribution in [1.82, 2.24) is 0 Å². The zero-order chi connectivity index (χ0) is 18.7. The van der Waals surface area contributed by atoms with Crippen LogP contribution in [0.5, 0.6) is 0 Å². The lowest BCUT2D eigenvalue weighted by molar-refractivity contribution is 0.411. The number of unbranched alkanes of at least 4 members (excludes halogenated alkanes) is 1. The van der Waals surface area contributed by atoms with E-state index in [9.17, 15) is 17.6 Å². The Bertz CT molecular complexity index is 851. The van der Waals surface area contributed by atoms with Crippen LogP contribution in [0.25, 0.3) is 0 Å². The molecule has 0 N–H and O–H groups in total. The summed E-state index contributed by atoms with van der Waals surface area (Å²) in [6.45, 7) is 2.17. The minimum atomic E-state index is -1.53. The fraction of sp³-hybridized carbons (Fsp3) is 0.364. The smallest absolute Gasteiger partial charge is 0.194 e. The molecular weight excluding hydrogens is 340 g/mol. The van der Waals surface area contributed by atoms with Crippen molar-refractivity contribution in [1.29, 1.82) is 0 Å². The van der Waals surface area contributed by atoms with E-state index in [4.69, 9.17) is 0 Å². The molecule has 3 rings (SSSR count). The molecule has 1 aliphatic rings. The van der Waals surface area contributed by atoms with Gasteiger partial charge in [0.25, 0.3) is 0 Å². The van der Waals surface area contributed by atoms with E-state index in [0.717, 1.165) is 48.9 Å². The largest absolute Gasteiger partial charge is 0.206 e. The summed E-state index contributed by atoms with van der Waals surface area (Å²) in [6, 6.07) is 4.87. The fourth-order valence-electron chi connectivity index (χ4n) is 3.46. The summed E-state index contributed by atoms with van der Waals surface area (Å²) in [4.78, 5) is 0. The fourth-order valence-corrected chi connectivity index (χ4v) is 3.46. The van der Waals surface area contributed by atoms with Crippen molar-refractivity contribution >= 4 is 0 Å². The Kier molecular flexibility index (Phi) is 5.66. The van der Waals surface area contributed by atoms with Gasteiger partial charge in [-0.25, -0.2) is 17.6 Å². The third-order valence-electron chi connectivity index (χ3n) is 4.91. The van der Waals surface area contributed by atoms with Crippen LogP contribution in [0.15, 0.2) is 24.3 Å². The molecule has 0 bridgehead atoms. The first-order valence-corrected chi connectivity index (χ1v) is 8.95. The van der Waals surface area contributed by atoms with Crippen molar-refractivity contribution in [2.45, 2.75) is 45.4 Å². The first kappa shape index (κ1) is 18.5. The van der Waals surface area contributed by atoms with Gasteiger partial charge in [0.05, 0.1) is 5.56 Å². The predicted molar refractivity (Wildman–Crippen MR) is 93.7 cm³/mol. The highest BCUT2D eigenvalue weighted by molar-refractivity contribution is 5.47. The first-order chi connectivity index (χ1) is 12.5. The zero-order valence-corrected chi connectivity index (χ0v) is 14.6. The number of rotatable bonds is 3. The molecule has 2 aromatic rings. The molecule has 1 unspecified atom stereocenters. The molecule has 0 radical (unpaired) electrons. The Balaban J connectivity index is 1.83. The third kappa shape index (κ3) is 4.09. The van der Waals surface area contributed by atoms with E-state index in [1.807, 2.05) is 0 Å². The van der Waals surface area contributed by atoms with Crippen molar-refractivity contribution in [3.8, 4) is 11.8 Å². The molecule has 1 aliphatic carbocycles. The Morgan fingerprint density at radius 1 is 0.923 bits per heavy atom. The average Bonchev–Trinajstić information content (AvgIpc) is 2.62. The van der Waals surface area contributed by atoms with Crippen LogP contribution in [0.3, 0.4) is 0 Å². The lowest BCUT2D eigenvalue weighted by Gasteiger charge is -2.25. The second-order valence-electron chi connectivity index (χ2n) is 6.86. The Hall–Kier alpha value is -2.28. The summed E-state index contributed by atoms with van der Waals surface area (Å²) in [7, 11) is 0. The average molecular weight is 360 g/mol. The number of halogens is 4. The SMILES string of the molecule is CCCCC1CCc2cc(C#Cc3cc(F)c(F)c(F)c3)c(F)cc2C1. The molecule has 0 heterocycles. The molecule has 0 saturated carbocycles. The molecule has 26 heavy (non-hydrogen) atoms. The van der Waals surface area contributed by atoms with Crippen LogP contribution in [-0.4, -0.2) is 0 Å². The van der Waals surface area contributed by atoms with E-state index >= 15 is 0 Å². The van der Waals surface area contributed by atoms with E-state index < -0.39 is 23.3 Å². The number of benzene rings is 2. The second-order valence-corrected chi connectivity index (χ2v) is 6.86. The highest BCUT2D eigenvalue weighted by Gasteiger charge is 2.20. The minimum Gasteiger partial charge on any atom is -0.206 e. The van der Waals surface area contributed by atoms with Gasteiger partial charge in [-0.1, -0.05) is 38.0 Å².